The largest absolute Gasteiger partial charge is 0.481 e. The maximum atomic E-state index is 12.4. The summed E-state index contributed by atoms with van der Waals surface area (Å²) in [7, 11) is 0. The van der Waals surface area contributed by atoms with Crippen LogP contribution in [-0.4, -0.2) is 39.5 Å². The summed E-state index contributed by atoms with van der Waals surface area (Å²) in [4.78, 5) is 29.1. The number of aromatic nitrogens is 1. The highest BCUT2D eigenvalue weighted by Gasteiger charge is 2.34. The van der Waals surface area contributed by atoms with Gasteiger partial charge in [-0.05, 0) is 31.9 Å². The van der Waals surface area contributed by atoms with Crippen molar-refractivity contribution in [3.8, 4) is 0 Å². The average Bonchev–Trinajstić information content (AvgIpc) is 3.19. The van der Waals surface area contributed by atoms with Gasteiger partial charge < -0.3 is 10.0 Å². The van der Waals surface area contributed by atoms with Crippen molar-refractivity contribution in [1.82, 2.24) is 9.88 Å². The van der Waals surface area contributed by atoms with Gasteiger partial charge in [-0.25, -0.2) is 0 Å². The van der Waals surface area contributed by atoms with E-state index in [-0.39, 0.29) is 18.5 Å². The summed E-state index contributed by atoms with van der Waals surface area (Å²) in [6.45, 7) is 3.74. The van der Waals surface area contributed by atoms with E-state index in [0.717, 1.165) is 18.5 Å². The third-order valence-electron chi connectivity index (χ3n) is 3.30. The summed E-state index contributed by atoms with van der Waals surface area (Å²) < 4.78 is 0. The molecular weight excluding hydrogens is 244 g/mol. The summed E-state index contributed by atoms with van der Waals surface area (Å²) in [5, 5.41) is 8.97. The van der Waals surface area contributed by atoms with E-state index in [1.165, 1.54) is 0 Å². The van der Waals surface area contributed by atoms with Crippen LogP contribution in [0.2, 0.25) is 0 Å². The summed E-state index contributed by atoms with van der Waals surface area (Å²) >= 11 is 0. The molecule has 0 aliphatic heterocycles. The topological polar surface area (TPSA) is 70.5 Å². The summed E-state index contributed by atoms with van der Waals surface area (Å²) in [5.74, 6) is -1.55. The maximum absolute atomic E-state index is 12.4. The Morgan fingerprint density at radius 2 is 2.16 bits per heavy atom. The predicted molar refractivity (Wildman–Crippen MR) is 69.8 cm³/mol. The Kier molecular flexibility index (Phi) is 3.83. The van der Waals surface area contributed by atoms with Crippen LogP contribution in [0.4, 0.5) is 0 Å². The van der Waals surface area contributed by atoms with Crippen LogP contribution in [0.3, 0.4) is 0 Å². The van der Waals surface area contributed by atoms with E-state index >= 15 is 0 Å². The van der Waals surface area contributed by atoms with Gasteiger partial charge in [-0.2, -0.15) is 0 Å². The molecular formula is C14H18N2O3. The highest BCUT2D eigenvalue weighted by atomic mass is 16.4. The fourth-order valence-corrected chi connectivity index (χ4v) is 1.92. The Balaban J connectivity index is 2.12. The minimum Gasteiger partial charge on any atom is -0.481 e. The molecule has 102 valence electrons. The number of amides is 1. The van der Waals surface area contributed by atoms with E-state index < -0.39 is 11.9 Å². The van der Waals surface area contributed by atoms with E-state index in [9.17, 15) is 9.59 Å². The number of carbonyl (C=O) groups is 2. The third-order valence-corrected chi connectivity index (χ3v) is 3.30. The van der Waals surface area contributed by atoms with E-state index in [4.69, 9.17) is 5.11 Å². The second-order valence-corrected chi connectivity index (χ2v) is 5.12. The van der Waals surface area contributed by atoms with Crippen LogP contribution < -0.4 is 0 Å². The van der Waals surface area contributed by atoms with Crippen LogP contribution in [0.25, 0.3) is 0 Å². The quantitative estimate of drug-likeness (QED) is 0.877. The van der Waals surface area contributed by atoms with Crippen LogP contribution in [-0.2, 0) is 4.79 Å². The summed E-state index contributed by atoms with van der Waals surface area (Å²) in [6.07, 6.45) is 3.47. The van der Waals surface area contributed by atoms with Crippen LogP contribution in [0.5, 0.6) is 0 Å². The lowest BCUT2D eigenvalue weighted by Crippen LogP contribution is -2.38. The lowest BCUT2D eigenvalue weighted by atomic mass is 10.1. The van der Waals surface area contributed by atoms with Crippen molar-refractivity contribution in [3.63, 3.8) is 0 Å². The third kappa shape index (κ3) is 3.30. The van der Waals surface area contributed by atoms with E-state index in [1.54, 1.807) is 30.2 Å². The lowest BCUT2D eigenvalue weighted by molar-refractivity contribution is -0.141. The minimum absolute atomic E-state index is 0.122. The smallest absolute Gasteiger partial charge is 0.308 e. The molecule has 0 spiro atoms. The first kappa shape index (κ1) is 13.5. The molecule has 0 saturated heterocycles. The lowest BCUT2D eigenvalue weighted by Gasteiger charge is -2.24. The standard InChI is InChI=1S/C14H18N2O3/c1-9(14(18)19)8-16(12-5-6-12)13(17)11-4-3-10(2)15-7-11/h3-4,7,9,12H,5-6,8H2,1-2H3,(H,18,19). The molecule has 1 unspecified atom stereocenters. The Bertz CT molecular complexity index is 480. The highest BCUT2D eigenvalue weighted by Crippen LogP contribution is 2.29. The SMILES string of the molecule is Cc1ccc(C(=O)N(CC(C)C(=O)O)C2CC2)cn1. The molecule has 1 fully saturated rings. The number of pyridine rings is 1. The van der Waals surface area contributed by atoms with Gasteiger partial charge in [-0.15, -0.1) is 0 Å². The van der Waals surface area contributed by atoms with Crippen molar-refractivity contribution in [2.45, 2.75) is 32.7 Å². The molecule has 1 saturated carbocycles. The second kappa shape index (κ2) is 5.38. The summed E-state index contributed by atoms with van der Waals surface area (Å²) in [5.41, 5.74) is 1.38. The van der Waals surface area contributed by atoms with Gasteiger partial charge in [0.25, 0.3) is 5.91 Å². The molecule has 0 bridgehead atoms. The Morgan fingerprint density at radius 1 is 1.47 bits per heavy atom. The van der Waals surface area contributed by atoms with Crippen LogP contribution in [0.1, 0.15) is 35.8 Å². The number of carboxylic acid groups (broad SMARTS) is 1. The molecule has 1 aliphatic rings. The average molecular weight is 262 g/mol. The maximum Gasteiger partial charge on any atom is 0.308 e. The first-order valence-corrected chi connectivity index (χ1v) is 6.45. The normalized spacial score (nSPS) is 15.9. The van der Waals surface area contributed by atoms with Crippen molar-refractivity contribution in [2.24, 2.45) is 5.92 Å². The monoisotopic (exact) mass is 262 g/mol. The van der Waals surface area contributed by atoms with Crippen molar-refractivity contribution in [1.29, 1.82) is 0 Å². The zero-order valence-corrected chi connectivity index (χ0v) is 11.2. The molecule has 0 radical (unpaired) electrons. The van der Waals surface area contributed by atoms with Gasteiger partial charge >= 0.3 is 5.97 Å². The Hall–Kier alpha value is -1.91. The molecule has 1 N–H and O–H groups in total. The molecule has 1 aliphatic carbocycles. The van der Waals surface area contributed by atoms with Crippen molar-refractivity contribution in [2.75, 3.05) is 6.54 Å². The van der Waals surface area contributed by atoms with Gasteiger partial charge in [0.2, 0.25) is 0 Å². The van der Waals surface area contributed by atoms with Crippen molar-refractivity contribution >= 4 is 11.9 Å². The molecule has 2 rings (SSSR count). The number of carboxylic acids is 1. The van der Waals surface area contributed by atoms with E-state index in [0.29, 0.717) is 5.56 Å². The molecule has 19 heavy (non-hydrogen) atoms. The number of nitrogens with zero attached hydrogens (tertiary/aromatic N) is 2. The van der Waals surface area contributed by atoms with Crippen LogP contribution >= 0.6 is 0 Å². The van der Waals surface area contributed by atoms with Crippen molar-refractivity contribution in [3.05, 3.63) is 29.6 Å². The molecule has 1 heterocycles. The molecule has 1 aromatic heterocycles. The fraction of sp³-hybridized carbons (Fsp3) is 0.500. The highest BCUT2D eigenvalue weighted by molar-refractivity contribution is 5.94. The number of hydrogen-bond acceptors (Lipinski definition) is 3. The van der Waals surface area contributed by atoms with Gasteiger partial charge in [0.05, 0.1) is 11.5 Å². The first-order valence-electron chi connectivity index (χ1n) is 6.45. The molecule has 5 heteroatoms. The van der Waals surface area contributed by atoms with Crippen LogP contribution in [0, 0.1) is 12.8 Å². The van der Waals surface area contributed by atoms with E-state index in [2.05, 4.69) is 4.98 Å². The number of aryl methyl sites for hydroxylation is 1. The summed E-state index contributed by atoms with van der Waals surface area (Å²) in [6, 6.07) is 3.72. The number of hydrogen-bond donors (Lipinski definition) is 1. The van der Waals surface area contributed by atoms with Crippen molar-refractivity contribution < 1.29 is 14.7 Å². The van der Waals surface area contributed by atoms with Gasteiger partial charge in [0.15, 0.2) is 0 Å². The molecule has 5 nitrogen and oxygen atoms in total. The van der Waals surface area contributed by atoms with Gasteiger partial charge in [-0.3, -0.25) is 14.6 Å². The zero-order chi connectivity index (χ0) is 14.0. The second-order valence-electron chi connectivity index (χ2n) is 5.12. The van der Waals surface area contributed by atoms with Gasteiger partial charge in [-0.1, -0.05) is 6.92 Å². The van der Waals surface area contributed by atoms with Gasteiger partial charge in [0, 0.05) is 24.5 Å². The molecule has 1 aromatic rings. The van der Waals surface area contributed by atoms with E-state index in [1.807, 2.05) is 6.92 Å². The number of rotatable bonds is 5. The molecule has 0 aromatic carbocycles. The number of aliphatic carboxylic acids is 1. The zero-order valence-electron chi connectivity index (χ0n) is 11.2. The Labute approximate surface area is 112 Å². The fourth-order valence-electron chi connectivity index (χ4n) is 1.92. The van der Waals surface area contributed by atoms with Crippen LogP contribution in [0.15, 0.2) is 18.3 Å². The minimum atomic E-state index is -0.875. The predicted octanol–water partition coefficient (Wildman–Crippen LogP) is 1.72. The van der Waals surface area contributed by atoms with Gasteiger partial charge in [0.1, 0.15) is 0 Å². The Morgan fingerprint density at radius 3 is 2.63 bits per heavy atom. The number of carbonyl (C=O) groups excluding carboxylic acids is 1. The molecule has 1 atom stereocenters. The molecule has 1 amide bonds. The first-order chi connectivity index (χ1) is 8.99.